The Bertz CT molecular complexity index is 1830. The highest BCUT2D eigenvalue weighted by molar-refractivity contribution is 7.17. The number of carboxylic acids is 1. The molecule has 2 aliphatic rings. The average molecular weight is 682 g/mol. The quantitative estimate of drug-likeness (QED) is 0.0987. The Morgan fingerprint density at radius 2 is 1.49 bits per heavy atom. The van der Waals surface area contributed by atoms with Crippen LogP contribution >= 0.6 is 11.3 Å². The first-order valence-corrected chi connectivity index (χ1v) is 17.8. The molecule has 1 saturated carbocycles. The van der Waals surface area contributed by atoms with Crippen LogP contribution in [0.25, 0.3) is 0 Å². The molecule has 1 heterocycles. The molecule has 0 bridgehead atoms. The number of carbonyl (C=O) groups is 3. The number of hydrogen-bond donors (Lipinski definition) is 5. The van der Waals surface area contributed by atoms with Crippen LogP contribution in [0.1, 0.15) is 99.2 Å². The van der Waals surface area contributed by atoms with Gasteiger partial charge in [-0.2, -0.15) is 0 Å². The second-order valence-electron chi connectivity index (χ2n) is 13.4. The number of hydrogen-bond acceptors (Lipinski definition) is 7. The number of rotatable bonds is 13. The number of benzene rings is 3. The fourth-order valence-corrected chi connectivity index (χ4v) is 8.02. The molecule has 2 aliphatic carbocycles. The third-order valence-electron chi connectivity index (χ3n) is 9.65. The van der Waals surface area contributed by atoms with Gasteiger partial charge in [-0.15, -0.1) is 11.3 Å². The topological polar surface area (TPSA) is 139 Å². The summed E-state index contributed by atoms with van der Waals surface area (Å²) in [5.74, 6) is -1.36. The molecule has 0 spiro atoms. The predicted octanol–water partition coefficient (Wildman–Crippen LogP) is 6.73. The molecular formula is C39H43N3O6S. The normalized spacial score (nSPS) is 14.9. The molecule has 0 aliphatic heterocycles. The second-order valence-corrected chi connectivity index (χ2v) is 14.5. The highest BCUT2D eigenvalue weighted by Crippen LogP contribution is 2.44. The molecule has 10 heteroatoms. The minimum Gasteiger partial charge on any atom is -0.480 e. The Balaban J connectivity index is 1.14. The summed E-state index contributed by atoms with van der Waals surface area (Å²) in [6, 6.07) is 22.3. The van der Waals surface area contributed by atoms with Gasteiger partial charge in [-0.1, -0.05) is 48.5 Å². The SMILES string of the molecule is CC(C)N(Cc1cccc(C(=O)Nc2sc3c(c2C(=O)Nc2ccc(CCc4ccc(C(O)O)cc4)cc2)CCCC3)c1)C1(C(=O)O)CC1. The highest BCUT2D eigenvalue weighted by atomic mass is 32.1. The van der Waals surface area contributed by atoms with Crippen LogP contribution < -0.4 is 10.6 Å². The van der Waals surface area contributed by atoms with Crippen molar-refractivity contribution in [2.75, 3.05) is 10.6 Å². The van der Waals surface area contributed by atoms with Crippen LogP contribution in [-0.2, 0) is 37.0 Å². The van der Waals surface area contributed by atoms with E-state index in [2.05, 4.69) is 10.6 Å². The van der Waals surface area contributed by atoms with Crippen molar-refractivity contribution >= 4 is 39.8 Å². The molecule has 0 unspecified atom stereocenters. The van der Waals surface area contributed by atoms with E-state index in [1.807, 2.05) is 73.3 Å². The molecule has 49 heavy (non-hydrogen) atoms. The number of aryl methyl sites for hydroxylation is 3. The third-order valence-corrected chi connectivity index (χ3v) is 10.9. The second kappa shape index (κ2) is 14.6. The number of thiophene rings is 1. The summed E-state index contributed by atoms with van der Waals surface area (Å²) in [4.78, 5) is 42.6. The number of nitrogens with zero attached hydrogens (tertiary/aromatic N) is 1. The van der Waals surface area contributed by atoms with Crippen LogP contribution in [0.2, 0.25) is 0 Å². The van der Waals surface area contributed by atoms with Gasteiger partial charge in [0.05, 0.1) is 5.56 Å². The molecular weight excluding hydrogens is 639 g/mol. The third kappa shape index (κ3) is 7.78. The Morgan fingerprint density at radius 3 is 2.10 bits per heavy atom. The van der Waals surface area contributed by atoms with Gasteiger partial charge in [0.2, 0.25) is 0 Å². The van der Waals surface area contributed by atoms with Gasteiger partial charge >= 0.3 is 5.97 Å². The van der Waals surface area contributed by atoms with E-state index in [9.17, 15) is 29.7 Å². The fraction of sp³-hybridized carbons (Fsp3) is 0.359. The van der Waals surface area contributed by atoms with Crippen LogP contribution in [0.4, 0.5) is 10.7 Å². The van der Waals surface area contributed by atoms with Gasteiger partial charge in [0.1, 0.15) is 10.5 Å². The zero-order valence-corrected chi connectivity index (χ0v) is 28.7. The molecule has 0 atom stereocenters. The lowest BCUT2D eigenvalue weighted by atomic mass is 9.95. The van der Waals surface area contributed by atoms with Crippen molar-refractivity contribution in [3.8, 4) is 0 Å². The summed E-state index contributed by atoms with van der Waals surface area (Å²) in [6.45, 7) is 4.41. The van der Waals surface area contributed by atoms with Crippen LogP contribution in [0.15, 0.2) is 72.8 Å². The summed E-state index contributed by atoms with van der Waals surface area (Å²) in [6.07, 6.45) is 5.04. The lowest BCUT2D eigenvalue weighted by Gasteiger charge is -2.32. The number of carbonyl (C=O) groups excluding carboxylic acids is 2. The van der Waals surface area contributed by atoms with Crippen molar-refractivity contribution in [1.29, 1.82) is 0 Å². The first-order valence-electron chi connectivity index (χ1n) is 16.9. The molecule has 3 aromatic carbocycles. The fourth-order valence-electron chi connectivity index (χ4n) is 6.74. The zero-order chi connectivity index (χ0) is 34.7. The predicted molar refractivity (Wildman–Crippen MR) is 191 cm³/mol. The molecule has 256 valence electrons. The van der Waals surface area contributed by atoms with Crippen molar-refractivity contribution in [2.24, 2.45) is 0 Å². The molecule has 4 aromatic rings. The maximum atomic E-state index is 13.8. The number of nitrogens with one attached hydrogen (secondary N) is 2. The number of aliphatic hydroxyl groups excluding tert-OH is 1. The van der Waals surface area contributed by atoms with Gasteiger partial charge in [0, 0.05) is 34.3 Å². The van der Waals surface area contributed by atoms with E-state index < -0.39 is 17.8 Å². The van der Waals surface area contributed by atoms with Gasteiger partial charge in [-0.05, 0) is 112 Å². The largest absolute Gasteiger partial charge is 0.480 e. The molecule has 2 amide bonds. The van der Waals surface area contributed by atoms with Crippen LogP contribution in [-0.4, -0.2) is 49.6 Å². The molecule has 5 N–H and O–H groups in total. The molecule has 0 radical (unpaired) electrons. The summed E-state index contributed by atoms with van der Waals surface area (Å²) in [7, 11) is 0. The summed E-state index contributed by atoms with van der Waals surface area (Å²) >= 11 is 1.47. The van der Waals surface area contributed by atoms with E-state index in [1.54, 1.807) is 18.2 Å². The van der Waals surface area contributed by atoms with Gasteiger partial charge in [-0.25, -0.2) is 0 Å². The number of aliphatic carboxylic acids is 1. The molecule has 1 aromatic heterocycles. The molecule has 9 nitrogen and oxygen atoms in total. The van der Waals surface area contributed by atoms with E-state index in [-0.39, 0.29) is 17.9 Å². The zero-order valence-electron chi connectivity index (χ0n) is 27.9. The van der Waals surface area contributed by atoms with Gasteiger partial charge in [-0.3, -0.25) is 19.3 Å². The molecule has 0 saturated heterocycles. The van der Waals surface area contributed by atoms with E-state index in [0.29, 0.717) is 46.8 Å². The number of fused-ring (bicyclic) bond motifs is 1. The maximum absolute atomic E-state index is 13.8. The van der Waals surface area contributed by atoms with Crippen LogP contribution in [0.3, 0.4) is 0 Å². The van der Waals surface area contributed by atoms with Gasteiger partial charge in [0.25, 0.3) is 11.8 Å². The number of carboxylic acid groups (broad SMARTS) is 1. The van der Waals surface area contributed by atoms with Gasteiger partial charge in [0.15, 0.2) is 6.29 Å². The van der Waals surface area contributed by atoms with Crippen molar-refractivity contribution in [3.05, 3.63) is 117 Å². The average Bonchev–Trinajstić information content (AvgIpc) is 3.82. The summed E-state index contributed by atoms with van der Waals surface area (Å²) < 4.78 is 0. The van der Waals surface area contributed by atoms with E-state index in [1.165, 1.54) is 11.3 Å². The minimum atomic E-state index is -1.48. The lowest BCUT2D eigenvalue weighted by Crippen LogP contribution is -2.46. The molecule has 1 fully saturated rings. The van der Waals surface area contributed by atoms with E-state index in [0.717, 1.165) is 65.7 Å². The molecule has 6 rings (SSSR count). The smallest absolute Gasteiger partial charge is 0.324 e. The summed E-state index contributed by atoms with van der Waals surface area (Å²) in [5.41, 5.74) is 5.33. The van der Waals surface area contributed by atoms with Gasteiger partial charge < -0.3 is 26.0 Å². The Morgan fingerprint density at radius 1 is 0.837 bits per heavy atom. The van der Waals surface area contributed by atoms with Crippen molar-refractivity contribution in [2.45, 2.75) is 89.6 Å². The van der Waals surface area contributed by atoms with Crippen molar-refractivity contribution in [1.82, 2.24) is 4.90 Å². The maximum Gasteiger partial charge on any atom is 0.324 e. The lowest BCUT2D eigenvalue weighted by molar-refractivity contribution is -0.146. The van der Waals surface area contributed by atoms with Crippen molar-refractivity contribution in [3.63, 3.8) is 0 Å². The Kier molecular flexibility index (Phi) is 10.3. The Hall–Kier alpha value is -4.35. The highest BCUT2D eigenvalue weighted by Gasteiger charge is 2.55. The summed E-state index contributed by atoms with van der Waals surface area (Å²) in [5, 5.41) is 35.1. The van der Waals surface area contributed by atoms with Crippen LogP contribution in [0.5, 0.6) is 0 Å². The number of amides is 2. The Labute approximate surface area is 290 Å². The van der Waals surface area contributed by atoms with Crippen LogP contribution in [0, 0.1) is 0 Å². The first kappa shape index (κ1) is 34.5. The van der Waals surface area contributed by atoms with Crippen molar-refractivity contribution < 1.29 is 29.7 Å². The first-order chi connectivity index (χ1) is 23.5. The number of aliphatic hydroxyl groups is 2. The van der Waals surface area contributed by atoms with E-state index in [4.69, 9.17) is 0 Å². The monoisotopic (exact) mass is 681 g/mol. The number of anilines is 2. The standard InChI is InChI=1S/C39H43N3O6S/c1-24(2)42(39(20-21-39)38(47)48)23-27-6-5-7-29(22-27)34(43)41-36-33(31-8-3-4-9-32(31)49-36)35(44)40-30-18-14-26(15-19-30)11-10-25-12-16-28(17-13-25)37(45)46/h5-7,12-19,22,24,37,45-46H,3-4,8-11,20-21,23H2,1-2H3,(H,40,44)(H,41,43)(H,47,48). The van der Waals surface area contributed by atoms with E-state index >= 15 is 0 Å². The minimum absolute atomic E-state index is 0.0262.